The lowest BCUT2D eigenvalue weighted by Gasteiger charge is -2.31. The van der Waals surface area contributed by atoms with Gasteiger partial charge in [-0.05, 0) is 44.0 Å². The lowest BCUT2D eigenvalue weighted by Crippen LogP contribution is -2.47. The highest BCUT2D eigenvalue weighted by Gasteiger charge is 2.24. The van der Waals surface area contributed by atoms with Crippen molar-refractivity contribution >= 4 is 17.8 Å². The maximum Gasteiger partial charge on any atom is 0.409 e. The van der Waals surface area contributed by atoms with Crippen molar-refractivity contribution < 1.29 is 18.7 Å². The third-order valence-electron chi connectivity index (χ3n) is 3.46. The summed E-state index contributed by atoms with van der Waals surface area (Å²) in [6, 6.07) is 5.24. The molecule has 0 atom stereocenters. The van der Waals surface area contributed by atoms with E-state index >= 15 is 0 Å². The first-order valence-electron chi connectivity index (χ1n) is 7.33. The number of rotatable bonds is 3. The number of anilines is 1. The molecule has 2 rings (SSSR count). The Bertz CT molecular complexity index is 513. The van der Waals surface area contributed by atoms with Crippen LogP contribution in [0.4, 0.5) is 19.7 Å². The molecule has 1 fully saturated rings. The number of hydrogen-bond acceptors (Lipinski definition) is 3. The van der Waals surface area contributed by atoms with Gasteiger partial charge in [0, 0.05) is 24.8 Å². The lowest BCUT2D eigenvalue weighted by molar-refractivity contribution is 0.0959. The number of carbonyl (C=O) groups is 2. The molecule has 1 saturated heterocycles. The Kier molecular flexibility index (Phi) is 5.57. The summed E-state index contributed by atoms with van der Waals surface area (Å²) in [5, 5.41) is 5.50. The topological polar surface area (TPSA) is 70.7 Å². The number of halogens is 1. The number of likely N-dealkylation sites (tertiary alicyclic amines) is 1. The lowest BCUT2D eigenvalue weighted by atomic mass is 10.1. The summed E-state index contributed by atoms with van der Waals surface area (Å²) in [7, 11) is 0. The molecular weight excluding hydrogens is 289 g/mol. The summed E-state index contributed by atoms with van der Waals surface area (Å²) in [4.78, 5) is 25.1. The Balaban J connectivity index is 1.74. The third-order valence-corrected chi connectivity index (χ3v) is 3.46. The highest BCUT2D eigenvalue weighted by molar-refractivity contribution is 5.89. The van der Waals surface area contributed by atoms with Gasteiger partial charge >= 0.3 is 12.1 Å². The molecule has 0 saturated carbocycles. The van der Waals surface area contributed by atoms with Crippen molar-refractivity contribution in [3.05, 3.63) is 30.1 Å². The largest absolute Gasteiger partial charge is 0.450 e. The van der Waals surface area contributed by atoms with E-state index in [0.29, 0.717) is 38.2 Å². The molecule has 6 nitrogen and oxygen atoms in total. The average Bonchev–Trinajstić information content (AvgIpc) is 2.50. The average molecular weight is 309 g/mol. The van der Waals surface area contributed by atoms with E-state index in [-0.39, 0.29) is 24.0 Å². The Morgan fingerprint density at radius 1 is 1.27 bits per heavy atom. The number of hydrogen-bond donors (Lipinski definition) is 2. The van der Waals surface area contributed by atoms with Gasteiger partial charge in [0.2, 0.25) is 0 Å². The summed E-state index contributed by atoms with van der Waals surface area (Å²) >= 11 is 0. The van der Waals surface area contributed by atoms with Crippen molar-refractivity contribution in [2.45, 2.75) is 25.8 Å². The number of amides is 3. The molecule has 1 aliphatic heterocycles. The molecule has 0 unspecified atom stereocenters. The molecule has 3 amide bonds. The van der Waals surface area contributed by atoms with Crippen LogP contribution in [0, 0.1) is 5.82 Å². The number of nitrogens with one attached hydrogen (secondary N) is 2. The standard InChI is InChI=1S/C15H20FN3O3/c1-2-22-15(21)19-9-7-13(8-10-19)18-14(20)17-12-5-3-11(16)4-6-12/h3-6,13H,2,7-10H2,1H3,(H2,17,18,20). The minimum Gasteiger partial charge on any atom is -0.450 e. The fourth-order valence-corrected chi connectivity index (χ4v) is 2.31. The molecule has 120 valence electrons. The minimum absolute atomic E-state index is 0.00567. The molecule has 2 N–H and O–H groups in total. The van der Waals surface area contributed by atoms with Gasteiger partial charge in [-0.15, -0.1) is 0 Å². The van der Waals surface area contributed by atoms with Crippen LogP contribution in [0.5, 0.6) is 0 Å². The Morgan fingerprint density at radius 2 is 1.91 bits per heavy atom. The number of carbonyl (C=O) groups excluding carboxylic acids is 2. The summed E-state index contributed by atoms with van der Waals surface area (Å²) in [6.45, 7) is 3.24. The number of piperidine rings is 1. The normalized spacial score (nSPS) is 15.3. The van der Waals surface area contributed by atoms with Gasteiger partial charge in [-0.2, -0.15) is 0 Å². The van der Waals surface area contributed by atoms with Gasteiger partial charge in [0.15, 0.2) is 0 Å². The fourth-order valence-electron chi connectivity index (χ4n) is 2.31. The first kappa shape index (κ1) is 16.1. The number of urea groups is 1. The zero-order valence-corrected chi connectivity index (χ0v) is 12.5. The van der Waals surface area contributed by atoms with Crippen molar-refractivity contribution in [3.8, 4) is 0 Å². The molecule has 0 aliphatic carbocycles. The van der Waals surface area contributed by atoms with E-state index in [9.17, 15) is 14.0 Å². The molecule has 22 heavy (non-hydrogen) atoms. The predicted octanol–water partition coefficient (Wildman–Crippen LogP) is 2.57. The maximum atomic E-state index is 12.8. The van der Waals surface area contributed by atoms with Gasteiger partial charge in [-0.25, -0.2) is 14.0 Å². The number of nitrogens with zero attached hydrogens (tertiary/aromatic N) is 1. The summed E-state index contributed by atoms with van der Waals surface area (Å²) in [5.41, 5.74) is 0.530. The van der Waals surface area contributed by atoms with Crippen LogP contribution < -0.4 is 10.6 Å². The summed E-state index contributed by atoms with van der Waals surface area (Å²) in [6.07, 6.45) is 1.04. The molecule has 1 aliphatic rings. The Labute approximate surface area is 128 Å². The smallest absolute Gasteiger partial charge is 0.409 e. The van der Waals surface area contributed by atoms with Crippen molar-refractivity contribution in [3.63, 3.8) is 0 Å². The van der Waals surface area contributed by atoms with E-state index in [0.717, 1.165) is 0 Å². The van der Waals surface area contributed by atoms with Crippen LogP contribution in [-0.4, -0.2) is 42.8 Å². The SMILES string of the molecule is CCOC(=O)N1CCC(NC(=O)Nc2ccc(F)cc2)CC1. The first-order valence-corrected chi connectivity index (χ1v) is 7.33. The second-order valence-electron chi connectivity index (χ2n) is 5.07. The molecule has 0 bridgehead atoms. The quantitative estimate of drug-likeness (QED) is 0.901. The van der Waals surface area contributed by atoms with Gasteiger partial charge in [0.05, 0.1) is 6.61 Å². The number of benzene rings is 1. The molecular formula is C15H20FN3O3. The van der Waals surface area contributed by atoms with Gasteiger partial charge < -0.3 is 20.3 Å². The van der Waals surface area contributed by atoms with Crippen LogP contribution in [0.2, 0.25) is 0 Å². The molecule has 1 aromatic rings. The van der Waals surface area contributed by atoms with Gasteiger partial charge in [0.1, 0.15) is 5.82 Å². The Hall–Kier alpha value is -2.31. The van der Waals surface area contributed by atoms with Crippen molar-refractivity contribution in [1.29, 1.82) is 0 Å². The minimum atomic E-state index is -0.350. The van der Waals surface area contributed by atoms with Crippen LogP contribution >= 0.6 is 0 Å². The second kappa shape index (κ2) is 7.63. The highest BCUT2D eigenvalue weighted by atomic mass is 19.1. The fraction of sp³-hybridized carbons (Fsp3) is 0.467. The predicted molar refractivity (Wildman–Crippen MR) is 80.2 cm³/mol. The van der Waals surface area contributed by atoms with E-state index in [2.05, 4.69) is 10.6 Å². The molecule has 0 aromatic heterocycles. The van der Waals surface area contributed by atoms with Crippen LogP contribution in [0.3, 0.4) is 0 Å². The van der Waals surface area contributed by atoms with Crippen molar-refractivity contribution in [1.82, 2.24) is 10.2 Å². The number of ether oxygens (including phenoxy) is 1. The van der Waals surface area contributed by atoms with Crippen LogP contribution in [-0.2, 0) is 4.74 Å². The molecule has 0 radical (unpaired) electrons. The first-order chi connectivity index (χ1) is 10.6. The van der Waals surface area contributed by atoms with E-state index in [1.807, 2.05) is 0 Å². The molecule has 7 heteroatoms. The molecule has 1 aromatic carbocycles. The second-order valence-corrected chi connectivity index (χ2v) is 5.07. The summed E-state index contributed by atoms with van der Waals surface area (Å²) < 4.78 is 17.7. The van der Waals surface area contributed by atoms with Gasteiger partial charge in [-0.3, -0.25) is 0 Å². The zero-order chi connectivity index (χ0) is 15.9. The maximum absolute atomic E-state index is 12.8. The van der Waals surface area contributed by atoms with Crippen LogP contribution in [0.25, 0.3) is 0 Å². The van der Waals surface area contributed by atoms with E-state index in [1.165, 1.54) is 24.3 Å². The van der Waals surface area contributed by atoms with Crippen molar-refractivity contribution in [2.24, 2.45) is 0 Å². The van der Waals surface area contributed by atoms with Gasteiger partial charge in [0.25, 0.3) is 0 Å². The van der Waals surface area contributed by atoms with Gasteiger partial charge in [-0.1, -0.05) is 0 Å². The zero-order valence-electron chi connectivity index (χ0n) is 12.5. The highest BCUT2D eigenvalue weighted by Crippen LogP contribution is 2.12. The molecule has 0 spiro atoms. The van der Waals surface area contributed by atoms with Crippen LogP contribution in [0.15, 0.2) is 24.3 Å². The third kappa shape index (κ3) is 4.61. The summed E-state index contributed by atoms with van der Waals surface area (Å²) in [5.74, 6) is -0.350. The van der Waals surface area contributed by atoms with Crippen molar-refractivity contribution in [2.75, 3.05) is 25.0 Å². The monoisotopic (exact) mass is 309 g/mol. The molecule has 1 heterocycles. The Morgan fingerprint density at radius 3 is 2.50 bits per heavy atom. The van der Waals surface area contributed by atoms with E-state index in [1.54, 1.807) is 11.8 Å². The van der Waals surface area contributed by atoms with E-state index in [4.69, 9.17) is 4.74 Å². The van der Waals surface area contributed by atoms with E-state index < -0.39 is 0 Å². The van der Waals surface area contributed by atoms with Crippen LogP contribution in [0.1, 0.15) is 19.8 Å².